The molecule has 0 spiro atoms. The average molecular weight is 471 g/mol. The van der Waals surface area contributed by atoms with E-state index in [1.165, 1.54) is 6.07 Å². The average Bonchev–Trinajstić information content (AvgIpc) is 3.35. The van der Waals surface area contributed by atoms with Gasteiger partial charge in [-0.25, -0.2) is 4.79 Å². The van der Waals surface area contributed by atoms with Gasteiger partial charge >= 0.3 is 5.97 Å². The van der Waals surface area contributed by atoms with E-state index in [4.69, 9.17) is 11.6 Å². The fourth-order valence-electron chi connectivity index (χ4n) is 4.26. The van der Waals surface area contributed by atoms with Crippen molar-refractivity contribution < 1.29 is 19.5 Å². The largest absolute Gasteiger partial charge is 0.478 e. The number of rotatable bonds is 6. The van der Waals surface area contributed by atoms with Crippen LogP contribution in [-0.2, 0) is 4.79 Å². The zero-order chi connectivity index (χ0) is 23.4. The van der Waals surface area contributed by atoms with Gasteiger partial charge in [0.25, 0.3) is 5.91 Å². The lowest BCUT2D eigenvalue weighted by Gasteiger charge is -2.36. The Labute approximate surface area is 197 Å². The number of carboxylic acid groups (broad SMARTS) is 1. The van der Waals surface area contributed by atoms with E-state index in [-0.39, 0.29) is 17.2 Å². The van der Waals surface area contributed by atoms with E-state index in [1.54, 1.807) is 30.3 Å². The van der Waals surface area contributed by atoms with Gasteiger partial charge in [-0.15, -0.1) is 0 Å². The van der Waals surface area contributed by atoms with Crippen molar-refractivity contribution in [2.45, 2.75) is 12.8 Å². The topological polar surface area (TPSA) is 93.2 Å². The van der Waals surface area contributed by atoms with Crippen molar-refractivity contribution in [3.05, 3.63) is 58.6 Å². The van der Waals surface area contributed by atoms with Gasteiger partial charge < -0.3 is 20.2 Å². The van der Waals surface area contributed by atoms with Crippen molar-refractivity contribution in [3.8, 4) is 0 Å². The molecule has 0 bridgehead atoms. The number of benzene rings is 2. The SMILES string of the molecule is O=C(Nc1ccc(N2CCN(CC(=O)N3CCCC3)CC2)cc1C(=O)O)c1cccc(Cl)c1. The Morgan fingerprint density at radius 1 is 0.939 bits per heavy atom. The number of likely N-dealkylation sites (tertiary alicyclic amines) is 1. The summed E-state index contributed by atoms with van der Waals surface area (Å²) in [5, 5.41) is 12.8. The summed E-state index contributed by atoms with van der Waals surface area (Å²) in [6.07, 6.45) is 2.17. The van der Waals surface area contributed by atoms with Gasteiger partial charge in [-0.3, -0.25) is 14.5 Å². The molecule has 0 aliphatic carbocycles. The summed E-state index contributed by atoms with van der Waals surface area (Å²) in [5.74, 6) is -1.36. The van der Waals surface area contributed by atoms with E-state index >= 15 is 0 Å². The quantitative estimate of drug-likeness (QED) is 0.674. The number of aromatic carboxylic acids is 1. The number of piperazine rings is 1. The van der Waals surface area contributed by atoms with Crippen LogP contribution in [0.5, 0.6) is 0 Å². The van der Waals surface area contributed by atoms with Gasteiger partial charge in [0.1, 0.15) is 0 Å². The van der Waals surface area contributed by atoms with E-state index in [0.29, 0.717) is 30.2 Å². The highest BCUT2D eigenvalue weighted by atomic mass is 35.5. The molecule has 0 unspecified atom stereocenters. The van der Waals surface area contributed by atoms with Crippen molar-refractivity contribution >= 4 is 40.8 Å². The Morgan fingerprint density at radius 3 is 2.33 bits per heavy atom. The number of carbonyl (C=O) groups is 3. The molecule has 4 rings (SSSR count). The van der Waals surface area contributed by atoms with Crippen LogP contribution >= 0.6 is 11.6 Å². The molecule has 2 N–H and O–H groups in total. The van der Waals surface area contributed by atoms with E-state index < -0.39 is 11.9 Å². The fourth-order valence-corrected chi connectivity index (χ4v) is 4.45. The molecule has 0 aromatic heterocycles. The second-order valence-corrected chi connectivity index (χ2v) is 8.79. The fraction of sp³-hybridized carbons (Fsp3) is 0.375. The Kier molecular flexibility index (Phi) is 7.15. The predicted octanol–water partition coefficient (Wildman–Crippen LogP) is 3.03. The zero-order valence-electron chi connectivity index (χ0n) is 18.3. The molecule has 2 aliphatic rings. The summed E-state index contributed by atoms with van der Waals surface area (Å²) < 4.78 is 0. The van der Waals surface area contributed by atoms with Crippen molar-refractivity contribution in [2.24, 2.45) is 0 Å². The molecule has 9 heteroatoms. The summed E-state index contributed by atoms with van der Waals surface area (Å²) in [6.45, 7) is 5.00. The van der Waals surface area contributed by atoms with E-state index in [2.05, 4.69) is 15.1 Å². The molecular weight excluding hydrogens is 444 g/mol. The first-order valence-corrected chi connectivity index (χ1v) is 11.5. The molecule has 8 nitrogen and oxygen atoms in total. The number of carbonyl (C=O) groups excluding carboxylic acids is 2. The molecule has 0 atom stereocenters. The molecule has 2 amide bonds. The molecule has 0 saturated carbocycles. The van der Waals surface area contributed by atoms with Gasteiger partial charge in [-0.1, -0.05) is 17.7 Å². The van der Waals surface area contributed by atoms with Crippen molar-refractivity contribution in [2.75, 3.05) is 56.0 Å². The standard InChI is InChI=1S/C24H27ClN4O4/c25-18-5-3-4-17(14-18)23(31)26-21-7-6-19(15-20(21)24(32)33)28-12-10-27(11-13-28)16-22(30)29-8-1-2-9-29/h3-7,14-15H,1-2,8-13,16H2,(H,26,31)(H,32,33). The number of hydrogen-bond donors (Lipinski definition) is 2. The van der Waals surface area contributed by atoms with Crippen LogP contribution in [0.3, 0.4) is 0 Å². The minimum Gasteiger partial charge on any atom is -0.478 e. The Bertz CT molecular complexity index is 1050. The molecule has 2 fully saturated rings. The highest BCUT2D eigenvalue weighted by Gasteiger charge is 2.24. The number of nitrogens with one attached hydrogen (secondary N) is 1. The van der Waals surface area contributed by atoms with Gasteiger partial charge in [-0.05, 0) is 49.2 Å². The summed E-state index contributed by atoms with van der Waals surface area (Å²) in [5.41, 5.74) is 1.38. The Morgan fingerprint density at radius 2 is 1.67 bits per heavy atom. The Hall–Kier alpha value is -3.10. The summed E-state index contributed by atoms with van der Waals surface area (Å²) in [4.78, 5) is 43.0. The lowest BCUT2D eigenvalue weighted by molar-refractivity contribution is -0.131. The minimum absolute atomic E-state index is 0.0227. The summed E-state index contributed by atoms with van der Waals surface area (Å²) >= 11 is 5.95. The van der Waals surface area contributed by atoms with Crippen LogP contribution in [-0.4, -0.2) is 78.5 Å². The number of hydrogen-bond acceptors (Lipinski definition) is 5. The highest BCUT2D eigenvalue weighted by Crippen LogP contribution is 2.25. The second-order valence-electron chi connectivity index (χ2n) is 8.35. The smallest absolute Gasteiger partial charge is 0.337 e. The number of carboxylic acids is 1. The minimum atomic E-state index is -1.12. The molecule has 174 valence electrons. The Balaban J connectivity index is 1.40. The number of halogens is 1. The van der Waals surface area contributed by atoms with E-state index in [9.17, 15) is 19.5 Å². The number of anilines is 2. The number of nitrogens with zero attached hydrogens (tertiary/aromatic N) is 3. The van der Waals surface area contributed by atoms with E-state index in [0.717, 1.165) is 44.7 Å². The van der Waals surface area contributed by atoms with Crippen molar-refractivity contribution in [1.82, 2.24) is 9.80 Å². The van der Waals surface area contributed by atoms with Crippen molar-refractivity contribution in [3.63, 3.8) is 0 Å². The van der Waals surface area contributed by atoms with Crippen LogP contribution < -0.4 is 10.2 Å². The first-order chi connectivity index (χ1) is 15.9. The molecular formula is C24H27ClN4O4. The lowest BCUT2D eigenvalue weighted by Crippen LogP contribution is -2.49. The summed E-state index contributed by atoms with van der Waals surface area (Å²) in [7, 11) is 0. The second kappa shape index (κ2) is 10.2. The van der Waals surface area contributed by atoms with Gasteiger partial charge in [0.15, 0.2) is 0 Å². The predicted molar refractivity (Wildman–Crippen MR) is 127 cm³/mol. The highest BCUT2D eigenvalue weighted by molar-refractivity contribution is 6.31. The zero-order valence-corrected chi connectivity index (χ0v) is 19.1. The van der Waals surface area contributed by atoms with Gasteiger partial charge in [0.2, 0.25) is 5.91 Å². The molecule has 2 aromatic rings. The molecule has 2 saturated heterocycles. The van der Waals surface area contributed by atoms with Crippen LogP contribution in [0.15, 0.2) is 42.5 Å². The molecule has 33 heavy (non-hydrogen) atoms. The first kappa shape index (κ1) is 23.1. The maximum absolute atomic E-state index is 12.5. The molecule has 2 heterocycles. The van der Waals surface area contributed by atoms with E-state index in [1.807, 2.05) is 11.0 Å². The molecule has 2 aromatic carbocycles. The van der Waals surface area contributed by atoms with Crippen molar-refractivity contribution in [1.29, 1.82) is 0 Å². The van der Waals surface area contributed by atoms with Gasteiger partial charge in [0, 0.05) is 55.5 Å². The van der Waals surface area contributed by atoms with Crippen LogP contribution in [0.25, 0.3) is 0 Å². The van der Waals surface area contributed by atoms with Gasteiger partial charge in [0.05, 0.1) is 17.8 Å². The normalized spacial score (nSPS) is 16.6. The molecule has 2 aliphatic heterocycles. The lowest BCUT2D eigenvalue weighted by atomic mass is 10.1. The van der Waals surface area contributed by atoms with Crippen LogP contribution in [0.4, 0.5) is 11.4 Å². The maximum Gasteiger partial charge on any atom is 0.337 e. The third-order valence-electron chi connectivity index (χ3n) is 6.12. The van der Waals surface area contributed by atoms with Crippen LogP contribution in [0, 0.1) is 0 Å². The number of amides is 2. The first-order valence-electron chi connectivity index (χ1n) is 11.1. The maximum atomic E-state index is 12.5. The van der Waals surface area contributed by atoms with Crippen LogP contribution in [0.2, 0.25) is 5.02 Å². The third kappa shape index (κ3) is 5.64. The third-order valence-corrected chi connectivity index (χ3v) is 6.36. The summed E-state index contributed by atoms with van der Waals surface area (Å²) in [6, 6.07) is 11.5. The van der Waals surface area contributed by atoms with Gasteiger partial charge in [-0.2, -0.15) is 0 Å². The monoisotopic (exact) mass is 470 g/mol. The molecule has 0 radical (unpaired) electrons. The van der Waals surface area contributed by atoms with Crippen LogP contribution in [0.1, 0.15) is 33.6 Å².